The summed E-state index contributed by atoms with van der Waals surface area (Å²) in [4.78, 5) is 14.4. The van der Waals surface area contributed by atoms with Gasteiger partial charge in [-0.05, 0) is 25.9 Å². The van der Waals surface area contributed by atoms with Gasteiger partial charge in [0.15, 0.2) is 11.5 Å². The van der Waals surface area contributed by atoms with E-state index in [1.54, 1.807) is 0 Å². The van der Waals surface area contributed by atoms with Crippen LogP contribution in [-0.2, 0) is 0 Å². The molecule has 3 rings (SSSR count). The third kappa shape index (κ3) is 2.41. The minimum atomic E-state index is 0.433. The number of aromatic nitrogens is 4. The Morgan fingerprint density at radius 3 is 2.53 bits per heavy atom. The quantitative estimate of drug-likeness (QED) is 0.576. The molecule has 0 bridgehead atoms. The van der Waals surface area contributed by atoms with E-state index in [4.69, 9.17) is 5.73 Å². The monoisotopic (exact) mass is 206 g/mol. The highest BCUT2D eigenvalue weighted by molar-refractivity contribution is 5.80. The maximum absolute atomic E-state index is 5.48. The minimum Gasteiger partial charge on any atom is -0.382 e. The Balaban J connectivity index is 0.000000144. The van der Waals surface area contributed by atoms with Crippen molar-refractivity contribution in [3.8, 4) is 0 Å². The van der Waals surface area contributed by atoms with Gasteiger partial charge in [0.25, 0.3) is 0 Å². The summed E-state index contributed by atoms with van der Waals surface area (Å²) in [7, 11) is 0. The fraction of sp³-hybridized carbons (Fsp3) is 0.444. The van der Waals surface area contributed by atoms with Crippen LogP contribution < -0.4 is 11.1 Å². The molecule has 0 amide bonds. The Kier molecular flexibility index (Phi) is 3.08. The number of nitrogen functional groups attached to an aromatic ring is 1. The van der Waals surface area contributed by atoms with E-state index in [9.17, 15) is 0 Å². The number of imidazole rings is 1. The van der Waals surface area contributed by atoms with Gasteiger partial charge in [0.05, 0.1) is 6.33 Å². The number of nitrogens with two attached hydrogens (primary N) is 1. The summed E-state index contributed by atoms with van der Waals surface area (Å²) in [5, 5.41) is 3.22. The Labute approximate surface area is 87.3 Å². The van der Waals surface area contributed by atoms with Crippen LogP contribution in [0.5, 0.6) is 0 Å². The van der Waals surface area contributed by atoms with Crippen LogP contribution in [0.3, 0.4) is 0 Å². The van der Waals surface area contributed by atoms with Crippen LogP contribution in [0.1, 0.15) is 12.8 Å². The fourth-order valence-corrected chi connectivity index (χ4v) is 1.41. The number of H-pyrrole nitrogens is 1. The molecule has 0 aromatic carbocycles. The highest BCUT2D eigenvalue weighted by Gasteiger charge is 1.99. The van der Waals surface area contributed by atoms with Crippen LogP contribution in [-0.4, -0.2) is 33.0 Å². The van der Waals surface area contributed by atoms with Crippen molar-refractivity contribution in [2.45, 2.75) is 12.8 Å². The molecular weight excluding hydrogens is 192 g/mol. The SMILES string of the molecule is C1CCNC1.Nc1ncnc2nc[nH]c12. The molecule has 6 heteroatoms. The van der Waals surface area contributed by atoms with Crippen molar-refractivity contribution in [2.75, 3.05) is 18.8 Å². The van der Waals surface area contributed by atoms with Gasteiger partial charge in [-0.25, -0.2) is 15.0 Å². The van der Waals surface area contributed by atoms with Crippen molar-refractivity contribution in [1.29, 1.82) is 0 Å². The zero-order valence-electron chi connectivity index (χ0n) is 8.40. The van der Waals surface area contributed by atoms with E-state index in [0.29, 0.717) is 17.0 Å². The number of aromatic amines is 1. The maximum Gasteiger partial charge on any atom is 0.182 e. The molecule has 0 atom stereocenters. The third-order valence-corrected chi connectivity index (χ3v) is 2.21. The van der Waals surface area contributed by atoms with Gasteiger partial charge in [-0.15, -0.1) is 0 Å². The van der Waals surface area contributed by atoms with Crippen molar-refractivity contribution >= 4 is 17.0 Å². The highest BCUT2D eigenvalue weighted by Crippen LogP contribution is 2.09. The van der Waals surface area contributed by atoms with E-state index in [1.165, 1.54) is 38.6 Å². The lowest BCUT2D eigenvalue weighted by Gasteiger charge is -1.89. The molecule has 0 saturated carbocycles. The van der Waals surface area contributed by atoms with E-state index in [-0.39, 0.29) is 0 Å². The normalized spacial score (nSPS) is 14.9. The van der Waals surface area contributed by atoms with E-state index in [2.05, 4.69) is 25.3 Å². The number of nitrogens with zero attached hydrogens (tertiary/aromatic N) is 3. The van der Waals surface area contributed by atoms with Gasteiger partial charge in [0.2, 0.25) is 0 Å². The molecule has 0 aliphatic carbocycles. The molecule has 2 aromatic rings. The van der Waals surface area contributed by atoms with Crippen molar-refractivity contribution in [1.82, 2.24) is 25.3 Å². The molecule has 6 nitrogen and oxygen atoms in total. The second kappa shape index (κ2) is 4.70. The Morgan fingerprint density at radius 1 is 1.13 bits per heavy atom. The number of hydrogen-bond donors (Lipinski definition) is 3. The molecule has 1 fully saturated rings. The highest BCUT2D eigenvalue weighted by atomic mass is 15.0. The molecule has 2 aromatic heterocycles. The van der Waals surface area contributed by atoms with E-state index in [1.807, 2.05) is 0 Å². The molecule has 1 aliphatic heterocycles. The molecule has 0 unspecified atom stereocenters. The lowest BCUT2D eigenvalue weighted by atomic mass is 10.4. The minimum absolute atomic E-state index is 0.433. The van der Waals surface area contributed by atoms with Crippen LogP contribution in [0.2, 0.25) is 0 Å². The third-order valence-electron chi connectivity index (χ3n) is 2.21. The predicted molar refractivity (Wildman–Crippen MR) is 58.2 cm³/mol. The number of rotatable bonds is 0. The Bertz CT molecular complexity index is 412. The summed E-state index contributed by atoms with van der Waals surface area (Å²) in [6, 6.07) is 0. The molecule has 1 saturated heterocycles. The van der Waals surface area contributed by atoms with Crippen molar-refractivity contribution in [3.63, 3.8) is 0 Å². The zero-order chi connectivity index (χ0) is 10.5. The van der Waals surface area contributed by atoms with Crippen LogP contribution in [0.25, 0.3) is 11.2 Å². The van der Waals surface area contributed by atoms with E-state index in [0.717, 1.165) is 0 Å². The summed E-state index contributed by atoms with van der Waals surface area (Å²) < 4.78 is 0. The van der Waals surface area contributed by atoms with Gasteiger partial charge in [0, 0.05) is 0 Å². The van der Waals surface area contributed by atoms with Crippen LogP contribution in [0, 0.1) is 0 Å². The lowest BCUT2D eigenvalue weighted by molar-refractivity contribution is 0.857. The molecule has 1 aliphatic rings. The molecule has 4 N–H and O–H groups in total. The van der Waals surface area contributed by atoms with Gasteiger partial charge >= 0.3 is 0 Å². The van der Waals surface area contributed by atoms with Crippen LogP contribution in [0.4, 0.5) is 5.82 Å². The summed E-state index contributed by atoms with van der Waals surface area (Å²) in [5.74, 6) is 0.433. The maximum atomic E-state index is 5.48. The number of nitrogens with one attached hydrogen (secondary N) is 2. The standard InChI is InChI=1S/C5H5N5.C4H9N/c6-4-3-5(9-1-7-3)10-2-8-4;1-2-4-5-3-1/h1-2H,(H3,6,7,8,9,10);5H,1-4H2. The first kappa shape index (κ1) is 9.85. The number of anilines is 1. The summed E-state index contributed by atoms with van der Waals surface area (Å²) in [6.07, 6.45) is 5.70. The van der Waals surface area contributed by atoms with Crippen molar-refractivity contribution in [2.24, 2.45) is 0 Å². The lowest BCUT2D eigenvalue weighted by Crippen LogP contribution is -2.03. The summed E-state index contributed by atoms with van der Waals surface area (Å²) >= 11 is 0. The Hall–Kier alpha value is -1.69. The Morgan fingerprint density at radius 2 is 1.93 bits per heavy atom. The topological polar surface area (TPSA) is 92.5 Å². The van der Waals surface area contributed by atoms with Gasteiger partial charge in [-0.3, -0.25) is 0 Å². The largest absolute Gasteiger partial charge is 0.382 e. The number of hydrogen-bond acceptors (Lipinski definition) is 5. The first-order valence-electron chi connectivity index (χ1n) is 4.98. The average Bonchev–Trinajstić information content (AvgIpc) is 2.93. The van der Waals surface area contributed by atoms with Gasteiger partial charge in [0.1, 0.15) is 11.8 Å². The van der Waals surface area contributed by atoms with Gasteiger partial charge < -0.3 is 16.0 Å². The molecular formula is C9H14N6. The fourth-order valence-electron chi connectivity index (χ4n) is 1.41. The first-order valence-corrected chi connectivity index (χ1v) is 4.98. The summed E-state index contributed by atoms with van der Waals surface area (Å²) in [5.41, 5.74) is 6.78. The molecule has 80 valence electrons. The van der Waals surface area contributed by atoms with Gasteiger partial charge in [-0.2, -0.15) is 0 Å². The molecule has 15 heavy (non-hydrogen) atoms. The van der Waals surface area contributed by atoms with E-state index < -0.39 is 0 Å². The van der Waals surface area contributed by atoms with E-state index >= 15 is 0 Å². The smallest absolute Gasteiger partial charge is 0.182 e. The van der Waals surface area contributed by atoms with Gasteiger partial charge in [-0.1, -0.05) is 0 Å². The average molecular weight is 206 g/mol. The molecule has 0 radical (unpaired) electrons. The first-order chi connectivity index (χ1) is 7.38. The second-order valence-corrected chi connectivity index (χ2v) is 3.32. The predicted octanol–water partition coefficient (Wildman–Crippen LogP) is 0.305. The molecule has 0 spiro atoms. The molecule has 3 heterocycles. The second-order valence-electron chi connectivity index (χ2n) is 3.32. The van der Waals surface area contributed by atoms with Crippen molar-refractivity contribution in [3.05, 3.63) is 12.7 Å². The van der Waals surface area contributed by atoms with Crippen LogP contribution in [0.15, 0.2) is 12.7 Å². The zero-order valence-corrected chi connectivity index (χ0v) is 8.40. The number of fused-ring (bicyclic) bond motifs is 1. The summed E-state index contributed by atoms with van der Waals surface area (Å²) in [6.45, 7) is 2.50. The van der Waals surface area contributed by atoms with Crippen LogP contribution >= 0.6 is 0 Å². The van der Waals surface area contributed by atoms with Crippen molar-refractivity contribution < 1.29 is 0 Å².